The first kappa shape index (κ1) is 18.0. The van der Waals surface area contributed by atoms with E-state index in [2.05, 4.69) is 17.0 Å². The van der Waals surface area contributed by atoms with Gasteiger partial charge in [-0.1, -0.05) is 29.3 Å². The van der Waals surface area contributed by atoms with Crippen molar-refractivity contribution in [3.63, 3.8) is 0 Å². The molecule has 1 aliphatic heterocycles. The molecule has 27 heavy (non-hydrogen) atoms. The van der Waals surface area contributed by atoms with Gasteiger partial charge in [0.1, 0.15) is 0 Å². The van der Waals surface area contributed by atoms with Gasteiger partial charge in [-0.3, -0.25) is 4.79 Å². The van der Waals surface area contributed by atoms with E-state index in [4.69, 9.17) is 11.6 Å². The molecule has 3 aromatic rings. The minimum atomic E-state index is -0.0379. The van der Waals surface area contributed by atoms with Crippen molar-refractivity contribution >= 4 is 28.5 Å². The van der Waals surface area contributed by atoms with Crippen molar-refractivity contribution in [2.24, 2.45) is 0 Å². The molecule has 0 unspecified atom stereocenters. The van der Waals surface area contributed by atoms with Gasteiger partial charge in [0, 0.05) is 18.8 Å². The molecule has 4 rings (SSSR count). The fraction of sp³-hybridized carbons (Fsp3) is 0.381. The molecule has 5 nitrogen and oxygen atoms in total. The molecule has 0 spiro atoms. The number of hydrogen-bond acceptors (Lipinski definition) is 3. The van der Waals surface area contributed by atoms with Gasteiger partial charge in [-0.2, -0.15) is 5.10 Å². The van der Waals surface area contributed by atoms with Gasteiger partial charge in [0.2, 0.25) is 0 Å². The summed E-state index contributed by atoms with van der Waals surface area (Å²) in [6.07, 6.45) is 4.83. The highest BCUT2D eigenvalue weighted by Crippen LogP contribution is 2.31. The Morgan fingerprint density at radius 1 is 1.19 bits per heavy atom. The number of carbonyl (C=O) groups excluding carboxylic acids is 1. The number of likely N-dealkylation sites (tertiary alicyclic amines) is 1. The molecule has 1 saturated heterocycles. The molecule has 140 valence electrons. The highest BCUT2D eigenvalue weighted by molar-refractivity contribution is 6.38. The van der Waals surface area contributed by atoms with E-state index in [1.165, 1.54) is 12.0 Å². The number of amides is 1. The van der Waals surface area contributed by atoms with Crippen LogP contribution < -0.4 is 0 Å². The zero-order chi connectivity index (χ0) is 19.1. The molecule has 3 heterocycles. The van der Waals surface area contributed by atoms with Crippen molar-refractivity contribution in [3.8, 4) is 5.69 Å². The highest BCUT2D eigenvalue weighted by atomic mass is 35.5. The molecule has 0 N–H and O–H groups in total. The summed E-state index contributed by atoms with van der Waals surface area (Å²) in [6.45, 7) is 6.82. The average Bonchev–Trinajstić information content (AvgIpc) is 3.00. The third-order valence-electron chi connectivity index (χ3n) is 5.38. The number of aromatic nitrogens is 3. The smallest absolute Gasteiger partial charge is 0.257 e. The van der Waals surface area contributed by atoms with Crippen molar-refractivity contribution in [1.29, 1.82) is 0 Å². The van der Waals surface area contributed by atoms with Crippen molar-refractivity contribution in [1.82, 2.24) is 19.7 Å². The number of halogens is 1. The van der Waals surface area contributed by atoms with Crippen molar-refractivity contribution in [2.75, 3.05) is 6.54 Å². The number of benzene rings is 1. The first-order valence-electron chi connectivity index (χ1n) is 9.39. The maximum Gasteiger partial charge on any atom is 0.257 e. The van der Waals surface area contributed by atoms with Crippen molar-refractivity contribution < 1.29 is 4.79 Å². The van der Waals surface area contributed by atoms with Crippen LogP contribution >= 0.6 is 11.6 Å². The number of fused-ring (bicyclic) bond motifs is 1. The van der Waals surface area contributed by atoms with Gasteiger partial charge in [0.25, 0.3) is 5.91 Å². The van der Waals surface area contributed by atoms with E-state index in [1.54, 1.807) is 10.9 Å². The Morgan fingerprint density at radius 3 is 2.63 bits per heavy atom. The van der Waals surface area contributed by atoms with E-state index in [0.29, 0.717) is 16.2 Å². The topological polar surface area (TPSA) is 51.0 Å². The third kappa shape index (κ3) is 3.10. The summed E-state index contributed by atoms with van der Waals surface area (Å²) in [5.41, 5.74) is 4.01. The quantitative estimate of drug-likeness (QED) is 0.645. The van der Waals surface area contributed by atoms with Crippen LogP contribution in [-0.4, -0.2) is 38.2 Å². The first-order valence-corrected chi connectivity index (χ1v) is 9.77. The summed E-state index contributed by atoms with van der Waals surface area (Å²) >= 11 is 6.69. The normalized spacial score (nSPS) is 17.5. The number of rotatable bonds is 2. The molecular formula is C21H23ClN4O. The molecule has 0 saturated carbocycles. The number of carbonyl (C=O) groups is 1. The Balaban J connectivity index is 1.80. The van der Waals surface area contributed by atoms with Gasteiger partial charge in [-0.05, 0) is 52.2 Å². The van der Waals surface area contributed by atoms with Crippen LogP contribution in [0, 0.1) is 13.8 Å². The second-order valence-corrected chi connectivity index (χ2v) is 7.74. The van der Waals surface area contributed by atoms with E-state index < -0.39 is 0 Å². The monoisotopic (exact) mass is 382 g/mol. The maximum absolute atomic E-state index is 13.1. The van der Waals surface area contributed by atoms with Crippen LogP contribution in [0.2, 0.25) is 5.02 Å². The van der Waals surface area contributed by atoms with Gasteiger partial charge in [0.15, 0.2) is 5.65 Å². The van der Waals surface area contributed by atoms with Gasteiger partial charge in [0.05, 0.1) is 27.4 Å². The lowest BCUT2D eigenvalue weighted by atomic mass is 10.0. The number of nitrogens with zero attached hydrogens (tertiary/aromatic N) is 4. The Kier molecular flexibility index (Phi) is 4.64. The molecule has 1 fully saturated rings. The summed E-state index contributed by atoms with van der Waals surface area (Å²) < 4.78 is 1.79. The lowest BCUT2D eigenvalue weighted by molar-refractivity contribution is 0.0635. The fourth-order valence-corrected chi connectivity index (χ4v) is 4.13. The Bertz CT molecular complexity index is 1010. The Morgan fingerprint density at radius 2 is 1.93 bits per heavy atom. The van der Waals surface area contributed by atoms with Crippen LogP contribution in [0.25, 0.3) is 16.7 Å². The average molecular weight is 383 g/mol. The molecule has 0 aliphatic carbocycles. The van der Waals surface area contributed by atoms with Crippen LogP contribution in [0.1, 0.15) is 47.8 Å². The lowest BCUT2D eigenvalue weighted by Crippen LogP contribution is -2.42. The summed E-state index contributed by atoms with van der Waals surface area (Å²) in [7, 11) is 0. The van der Waals surface area contributed by atoms with Crippen LogP contribution in [0.5, 0.6) is 0 Å². The van der Waals surface area contributed by atoms with Crippen LogP contribution in [0.15, 0.2) is 30.5 Å². The summed E-state index contributed by atoms with van der Waals surface area (Å²) in [4.78, 5) is 19.6. The summed E-state index contributed by atoms with van der Waals surface area (Å²) in [6, 6.07) is 8.32. The zero-order valence-electron chi connectivity index (χ0n) is 15.9. The van der Waals surface area contributed by atoms with E-state index in [9.17, 15) is 4.79 Å². The molecule has 1 aromatic carbocycles. The van der Waals surface area contributed by atoms with E-state index in [0.717, 1.165) is 36.2 Å². The SMILES string of the molecule is Cc1ccc(-n2nc(C)c3c(Cl)c(C(=O)N4CCCC[C@@H]4C)cnc32)cc1. The maximum atomic E-state index is 13.1. The summed E-state index contributed by atoms with van der Waals surface area (Å²) in [5, 5.41) is 5.81. The number of hydrogen-bond donors (Lipinski definition) is 0. The van der Waals surface area contributed by atoms with Gasteiger partial charge < -0.3 is 4.90 Å². The largest absolute Gasteiger partial charge is 0.336 e. The molecule has 0 bridgehead atoms. The molecule has 2 aromatic heterocycles. The number of pyridine rings is 1. The van der Waals surface area contributed by atoms with Crippen LogP contribution in [0.3, 0.4) is 0 Å². The van der Waals surface area contributed by atoms with Gasteiger partial charge >= 0.3 is 0 Å². The number of aryl methyl sites for hydroxylation is 2. The molecular weight excluding hydrogens is 360 g/mol. The predicted octanol–water partition coefficient (Wildman–Crippen LogP) is 4.71. The van der Waals surface area contributed by atoms with Crippen LogP contribution in [0.4, 0.5) is 0 Å². The predicted molar refractivity (Wildman–Crippen MR) is 108 cm³/mol. The van der Waals surface area contributed by atoms with E-state index in [1.807, 2.05) is 43.0 Å². The minimum absolute atomic E-state index is 0.0379. The van der Waals surface area contributed by atoms with E-state index in [-0.39, 0.29) is 11.9 Å². The third-order valence-corrected chi connectivity index (χ3v) is 5.77. The minimum Gasteiger partial charge on any atom is -0.336 e. The Labute approximate surface area is 164 Å². The second-order valence-electron chi connectivity index (χ2n) is 7.36. The first-order chi connectivity index (χ1) is 13.0. The van der Waals surface area contributed by atoms with Gasteiger partial charge in [-0.25, -0.2) is 9.67 Å². The fourth-order valence-electron chi connectivity index (χ4n) is 3.78. The Hall–Kier alpha value is -2.40. The zero-order valence-corrected chi connectivity index (χ0v) is 16.6. The molecule has 1 aliphatic rings. The lowest BCUT2D eigenvalue weighted by Gasteiger charge is -2.33. The van der Waals surface area contributed by atoms with Crippen LogP contribution in [-0.2, 0) is 0 Å². The number of piperidine rings is 1. The summed E-state index contributed by atoms with van der Waals surface area (Å²) in [5.74, 6) is -0.0379. The van der Waals surface area contributed by atoms with Crippen molar-refractivity contribution in [2.45, 2.75) is 46.1 Å². The standard InChI is InChI=1S/C21H23ClN4O/c1-13-7-9-16(10-8-13)26-20-18(15(3)24-26)19(22)17(12-23-20)21(27)25-11-5-4-6-14(25)2/h7-10,12,14H,4-6,11H2,1-3H3/t14-/m0/s1. The molecule has 1 atom stereocenters. The molecule has 6 heteroatoms. The van der Waals surface area contributed by atoms with E-state index >= 15 is 0 Å². The highest BCUT2D eigenvalue weighted by Gasteiger charge is 2.27. The molecule has 1 amide bonds. The molecule has 0 radical (unpaired) electrons. The van der Waals surface area contributed by atoms with Crippen molar-refractivity contribution in [3.05, 3.63) is 52.3 Å². The second kappa shape index (κ2) is 6.97. The van der Waals surface area contributed by atoms with Gasteiger partial charge in [-0.15, -0.1) is 0 Å².